The van der Waals surface area contributed by atoms with Crippen molar-refractivity contribution in [1.82, 2.24) is 4.57 Å². The van der Waals surface area contributed by atoms with E-state index in [1.54, 1.807) is 30.0 Å². The van der Waals surface area contributed by atoms with E-state index in [1.807, 2.05) is 83.7 Å². The van der Waals surface area contributed by atoms with Gasteiger partial charge in [0.25, 0.3) is 0 Å². The van der Waals surface area contributed by atoms with Gasteiger partial charge in [0.05, 0.1) is 10.7 Å². The Morgan fingerprint density at radius 2 is 1.61 bits per heavy atom. The molecule has 1 N–H and O–H groups in total. The molecule has 0 saturated carbocycles. The zero-order chi connectivity index (χ0) is 21.6. The Morgan fingerprint density at radius 1 is 0.935 bits per heavy atom. The summed E-state index contributed by atoms with van der Waals surface area (Å²) in [4.78, 5) is 13.0. The summed E-state index contributed by atoms with van der Waals surface area (Å²) in [5.41, 5.74) is 2.44. The summed E-state index contributed by atoms with van der Waals surface area (Å²) in [6, 6.07) is 26.4. The van der Waals surface area contributed by atoms with Crippen molar-refractivity contribution in [2.24, 2.45) is 0 Å². The Labute approximate surface area is 190 Å². The number of hydrogen-bond donors (Lipinski definition) is 1. The second-order valence-electron chi connectivity index (χ2n) is 6.85. The van der Waals surface area contributed by atoms with Crippen LogP contribution in [0.5, 0.6) is 5.75 Å². The first-order valence-electron chi connectivity index (χ1n) is 9.70. The molecule has 1 heterocycles. The van der Waals surface area contributed by atoms with Crippen LogP contribution in [0, 0.1) is 0 Å². The highest BCUT2D eigenvalue weighted by Gasteiger charge is 2.23. The van der Waals surface area contributed by atoms with E-state index in [9.17, 15) is 9.90 Å². The largest absolute Gasteiger partial charge is 0.478 e. The molecule has 0 spiro atoms. The summed E-state index contributed by atoms with van der Waals surface area (Å²) in [6.45, 7) is 0. The molecule has 6 heteroatoms. The fraction of sp³-hybridized carbons (Fsp3) is 0.0800. The molecule has 0 aliphatic rings. The maximum atomic E-state index is 12.0. The molecule has 1 atom stereocenters. The van der Waals surface area contributed by atoms with E-state index in [0.717, 1.165) is 26.9 Å². The van der Waals surface area contributed by atoms with Gasteiger partial charge in [-0.2, -0.15) is 0 Å². The van der Waals surface area contributed by atoms with Gasteiger partial charge >= 0.3 is 5.97 Å². The lowest BCUT2D eigenvalue weighted by Gasteiger charge is -2.18. The van der Waals surface area contributed by atoms with Crippen molar-refractivity contribution in [2.75, 3.05) is 0 Å². The SMILES string of the molecule is O=C(O)C(Oc1ccccc1-n1cccc1)c1ccc(CSc2ccccc2Cl)cc1. The molecular formula is C25H20ClNO3S. The van der Waals surface area contributed by atoms with Crippen LogP contribution in [0.15, 0.2) is 102 Å². The molecule has 4 rings (SSSR count). The third kappa shape index (κ3) is 5.13. The molecule has 1 unspecified atom stereocenters. The number of aromatic nitrogens is 1. The van der Waals surface area contributed by atoms with Gasteiger partial charge in [-0.1, -0.05) is 60.1 Å². The molecule has 0 aliphatic carbocycles. The Kier molecular flexibility index (Phi) is 6.65. The molecule has 0 amide bonds. The Balaban J connectivity index is 1.51. The lowest BCUT2D eigenvalue weighted by molar-refractivity contribution is -0.145. The van der Waals surface area contributed by atoms with Gasteiger partial charge < -0.3 is 14.4 Å². The summed E-state index contributed by atoms with van der Waals surface area (Å²) in [5, 5.41) is 10.5. The predicted octanol–water partition coefficient (Wildman–Crippen LogP) is 6.63. The Bertz CT molecular complexity index is 1160. The monoisotopic (exact) mass is 449 g/mol. The number of ether oxygens (including phenoxy) is 1. The minimum Gasteiger partial charge on any atom is -0.478 e. The maximum absolute atomic E-state index is 12.0. The van der Waals surface area contributed by atoms with E-state index in [2.05, 4.69) is 0 Å². The van der Waals surface area contributed by atoms with Crippen molar-refractivity contribution in [3.63, 3.8) is 0 Å². The van der Waals surface area contributed by atoms with E-state index in [4.69, 9.17) is 16.3 Å². The fourth-order valence-electron chi connectivity index (χ4n) is 3.16. The highest BCUT2D eigenvalue weighted by Crippen LogP contribution is 2.31. The van der Waals surface area contributed by atoms with Crippen molar-refractivity contribution in [3.05, 3.63) is 113 Å². The van der Waals surface area contributed by atoms with Gasteiger partial charge in [0.1, 0.15) is 5.75 Å². The number of carboxylic acids is 1. The van der Waals surface area contributed by atoms with Crippen LogP contribution in [-0.2, 0) is 10.5 Å². The van der Waals surface area contributed by atoms with Crippen molar-refractivity contribution >= 4 is 29.3 Å². The molecule has 0 fully saturated rings. The molecule has 3 aromatic carbocycles. The van der Waals surface area contributed by atoms with Gasteiger partial charge in [0.2, 0.25) is 6.10 Å². The number of halogens is 1. The van der Waals surface area contributed by atoms with Gasteiger partial charge in [0.15, 0.2) is 0 Å². The fourth-order valence-corrected chi connectivity index (χ4v) is 4.36. The second-order valence-corrected chi connectivity index (χ2v) is 8.28. The van der Waals surface area contributed by atoms with Crippen molar-refractivity contribution in [1.29, 1.82) is 0 Å². The van der Waals surface area contributed by atoms with E-state index in [-0.39, 0.29) is 0 Å². The lowest BCUT2D eigenvalue weighted by Crippen LogP contribution is -2.19. The maximum Gasteiger partial charge on any atom is 0.349 e. The highest BCUT2D eigenvalue weighted by molar-refractivity contribution is 7.98. The molecule has 0 bridgehead atoms. The summed E-state index contributed by atoms with van der Waals surface area (Å²) in [6.07, 6.45) is 2.68. The Morgan fingerprint density at radius 3 is 2.32 bits per heavy atom. The summed E-state index contributed by atoms with van der Waals surface area (Å²) < 4.78 is 7.85. The number of hydrogen-bond acceptors (Lipinski definition) is 3. The third-order valence-corrected chi connectivity index (χ3v) is 6.32. The number of carboxylic acid groups (broad SMARTS) is 1. The number of carbonyl (C=O) groups is 1. The quantitative estimate of drug-likeness (QED) is 0.307. The van der Waals surface area contributed by atoms with Crippen molar-refractivity contribution < 1.29 is 14.6 Å². The Hall–Kier alpha value is -3.15. The van der Waals surface area contributed by atoms with Crippen LogP contribution in [0.4, 0.5) is 0 Å². The number of para-hydroxylation sites is 2. The predicted molar refractivity (Wildman–Crippen MR) is 124 cm³/mol. The van der Waals surface area contributed by atoms with Crippen molar-refractivity contribution in [2.45, 2.75) is 16.8 Å². The zero-order valence-corrected chi connectivity index (χ0v) is 18.1. The van der Waals surface area contributed by atoms with Gasteiger partial charge in [-0.05, 0) is 42.0 Å². The molecule has 156 valence electrons. The van der Waals surface area contributed by atoms with Gasteiger partial charge in [-0.15, -0.1) is 11.8 Å². The van der Waals surface area contributed by atoms with E-state index >= 15 is 0 Å². The molecule has 31 heavy (non-hydrogen) atoms. The summed E-state index contributed by atoms with van der Waals surface area (Å²) in [5.74, 6) is 0.198. The van der Waals surface area contributed by atoms with Crippen molar-refractivity contribution in [3.8, 4) is 11.4 Å². The molecule has 0 aliphatic heterocycles. The molecule has 4 nitrogen and oxygen atoms in total. The first-order chi connectivity index (χ1) is 15.1. The van der Waals surface area contributed by atoms with Crippen LogP contribution in [-0.4, -0.2) is 15.6 Å². The molecule has 0 saturated heterocycles. The zero-order valence-electron chi connectivity index (χ0n) is 16.5. The topological polar surface area (TPSA) is 51.5 Å². The normalized spacial score (nSPS) is 11.8. The molecule has 0 radical (unpaired) electrons. The molecule has 4 aromatic rings. The average molecular weight is 450 g/mol. The van der Waals surface area contributed by atoms with Gasteiger partial charge in [0, 0.05) is 28.6 Å². The van der Waals surface area contributed by atoms with E-state index in [1.165, 1.54) is 0 Å². The minimum atomic E-state index is -1.11. The summed E-state index contributed by atoms with van der Waals surface area (Å²) in [7, 11) is 0. The van der Waals surface area contributed by atoms with E-state index < -0.39 is 12.1 Å². The van der Waals surface area contributed by atoms with Crippen LogP contribution >= 0.6 is 23.4 Å². The number of aliphatic carboxylic acids is 1. The van der Waals surface area contributed by atoms with Gasteiger partial charge in [-0.25, -0.2) is 4.79 Å². The number of thioether (sulfide) groups is 1. The van der Waals surface area contributed by atoms with Crippen LogP contribution in [0.25, 0.3) is 5.69 Å². The first kappa shape index (κ1) is 21.1. The third-order valence-electron chi connectivity index (χ3n) is 4.73. The standard InChI is InChI=1S/C25H20ClNO3S/c26-20-7-1-4-10-23(20)31-17-18-11-13-19(14-12-18)24(25(28)29)30-22-9-3-2-8-21(22)27-15-5-6-16-27/h1-16,24H,17H2,(H,28,29). The van der Waals surface area contributed by atoms with Crippen LogP contribution < -0.4 is 4.74 Å². The highest BCUT2D eigenvalue weighted by atomic mass is 35.5. The second kappa shape index (κ2) is 9.77. The van der Waals surface area contributed by atoms with Crippen LogP contribution in [0.2, 0.25) is 5.02 Å². The average Bonchev–Trinajstić information content (AvgIpc) is 3.32. The minimum absolute atomic E-state index is 0.504. The number of benzene rings is 3. The van der Waals surface area contributed by atoms with E-state index in [0.29, 0.717) is 11.3 Å². The number of nitrogens with zero attached hydrogens (tertiary/aromatic N) is 1. The number of rotatable bonds is 8. The smallest absolute Gasteiger partial charge is 0.349 e. The molecular weight excluding hydrogens is 430 g/mol. The first-order valence-corrected chi connectivity index (χ1v) is 11.1. The summed E-state index contributed by atoms with van der Waals surface area (Å²) >= 11 is 7.86. The lowest BCUT2D eigenvalue weighted by atomic mass is 10.1. The van der Waals surface area contributed by atoms with Crippen LogP contribution in [0.1, 0.15) is 17.2 Å². The van der Waals surface area contributed by atoms with Crippen LogP contribution in [0.3, 0.4) is 0 Å². The molecule has 1 aromatic heterocycles. The van der Waals surface area contributed by atoms with Gasteiger partial charge in [-0.3, -0.25) is 0 Å².